The Morgan fingerprint density at radius 1 is 1.24 bits per heavy atom. The molecule has 25 heavy (non-hydrogen) atoms. The Balaban J connectivity index is 2.12. The zero-order valence-corrected chi connectivity index (χ0v) is 13.1. The summed E-state index contributed by atoms with van der Waals surface area (Å²) >= 11 is 5.83. The number of non-ortho nitro benzene ring substituents is 1. The number of rotatable bonds is 5. The second-order valence-electron chi connectivity index (χ2n) is 4.76. The summed E-state index contributed by atoms with van der Waals surface area (Å²) in [7, 11) is 0. The van der Waals surface area contributed by atoms with Crippen LogP contribution < -0.4 is 10.1 Å². The monoisotopic (exact) mass is 374 g/mol. The van der Waals surface area contributed by atoms with E-state index in [1.807, 2.05) is 0 Å². The van der Waals surface area contributed by atoms with Gasteiger partial charge in [0.1, 0.15) is 5.75 Å². The minimum absolute atomic E-state index is 0.0403. The Labute approximate surface area is 144 Å². The molecule has 2 aromatic rings. The maximum Gasteiger partial charge on any atom is 0.573 e. The van der Waals surface area contributed by atoms with Crippen LogP contribution in [0.3, 0.4) is 0 Å². The lowest BCUT2D eigenvalue weighted by Crippen LogP contribution is -2.24. The summed E-state index contributed by atoms with van der Waals surface area (Å²) in [6, 6.07) is 8.60. The van der Waals surface area contributed by atoms with Crippen LogP contribution in [0.2, 0.25) is 5.02 Å². The van der Waals surface area contributed by atoms with Crippen molar-refractivity contribution in [3.05, 3.63) is 68.7 Å². The van der Waals surface area contributed by atoms with E-state index in [0.717, 1.165) is 24.3 Å². The molecular weight excluding hydrogens is 365 g/mol. The number of nitrogens with one attached hydrogen (secondary N) is 1. The van der Waals surface area contributed by atoms with E-state index in [9.17, 15) is 28.1 Å². The molecule has 10 heteroatoms. The second kappa shape index (κ2) is 7.39. The number of nitro benzene ring substituents is 1. The maximum absolute atomic E-state index is 12.4. The summed E-state index contributed by atoms with van der Waals surface area (Å²) < 4.78 is 41.0. The first-order valence-corrected chi connectivity index (χ1v) is 7.11. The van der Waals surface area contributed by atoms with Gasteiger partial charge in [0.2, 0.25) is 0 Å². The van der Waals surface area contributed by atoms with Crippen molar-refractivity contribution in [2.75, 3.05) is 0 Å². The van der Waals surface area contributed by atoms with Crippen molar-refractivity contribution in [3.63, 3.8) is 0 Å². The number of nitro groups is 1. The number of nitrogens with zero attached hydrogens (tertiary/aromatic N) is 1. The van der Waals surface area contributed by atoms with Crippen LogP contribution in [0, 0.1) is 10.1 Å². The number of carbonyl (C=O) groups is 1. The van der Waals surface area contributed by atoms with Gasteiger partial charge < -0.3 is 10.1 Å². The predicted molar refractivity (Wildman–Crippen MR) is 82.4 cm³/mol. The van der Waals surface area contributed by atoms with Crippen LogP contribution in [0.4, 0.5) is 18.9 Å². The molecular formula is C15H10ClF3N2O4. The van der Waals surface area contributed by atoms with Gasteiger partial charge >= 0.3 is 6.36 Å². The van der Waals surface area contributed by atoms with Gasteiger partial charge in [0.15, 0.2) is 0 Å². The van der Waals surface area contributed by atoms with Crippen LogP contribution in [0.25, 0.3) is 0 Å². The predicted octanol–water partition coefficient (Wildman–Crippen LogP) is 4.08. The van der Waals surface area contributed by atoms with E-state index in [-0.39, 0.29) is 28.4 Å². The number of alkyl halides is 3. The highest BCUT2D eigenvalue weighted by Gasteiger charge is 2.32. The topological polar surface area (TPSA) is 81.5 Å². The van der Waals surface area contributed by atoms with E-state index < -0.39 is 22.9 Å². The van der Waals surface area contributed by atoms with Crippen molar-refractivity contribution in [1.82, 2.24) is 5.32 Å². The molecule has 0 saturated carbocycles. The quantitative estimate of drug-likeness (QED) is 0.631. The van der Waals surface area contributed by atoms with Crippen molar-refractivity contribution in [2.45, 2.75) is 12.9 Å². The Hall–Kier alpha value is -2.81. The van der Waals surface area contributed by atoms with Crippen LogP contribution in [0.15, 0.2) is 42.5 Å². The van der Waals surface area contributed by atoms with Crippen molar-refractivity contribution >= 4 is 23.2 Å². The summed E-state index contributed by atoms with van der Waals surface area (Å²) in [5.41, 5.74) is -0.224. The zero-order chi connectivity index (χ0) is 18.6. The highest BCUT2D eigenvalue weighted by Crippen LogP contribution is 2.26. The van der Waals surface area contributed by atoms with Gasteiger partial charge in [-0.15, -0.1) is 13.2 Å². The minimum Gasteiger partial charge on any atom is -0.405 e. The molecule has 0 radical (unpaired) electrons. The van der Waals surface area contributed by atoms with Crippen molar-refractivity contribution in [2.24, 2.45) is 0 Å². The van der Waals surface area contributed by atoms with Gasteiger partial charge in [0, 0.05) is 24.2 Å². The Bertz CT molecular complexity index is 812. The highest BCUT2D eigenvalue weighted by molar-refractivity contribution is 6.34. The highest BCUT2D eigenvalue weighted by atomic mass is 35.5. The molecule has 0 spiro atoms. The third kappa shape index (κ3) is 5.08. The smallest absolute Gasteiger partial charge is 0.405 e. The third-order valence-corrected chi connectivity index (χ3v) is 3.36. The summed E-state index contributed by atoms with van der Waals surface area (Å²) in [5.74, 6) is -1.13. The summed E-state index contributed by atoms with van der Waals surface area (Å²) in [4.78, 5) is 22.1. The lowest BCUT2D eigenvalue weighted by atomic mass is 10.1. The molecule has 0 saturated heterocycles. The first-order chi connectivity index (χ1) is 11.7. The normalized spacial score (nSPS) is 11.0. The minimum atomic E-state index is -4.86. The van der Waals surface area contributed by atoms with E-state index >= 15 is 0 Å². The molecule has 0 aliphatic heterocycles. The molecule has 0 unspecified atom stereocenters. The van der Waals surface area contributed by atoms with E-state index in [0.29, 0.717) is 0 Å². The van der Waals surface area contributed by atoms with Gasteiger partial charge in [-0.25, -0.2) is 0 Å². The fourth-order valence-electron chi connectivity index (χ4n) is 1.95. The number of benzene rings is 2. The maximum atomic E-state index is 12.4. The Morgan fingerprint density at radius 2 is 1.92 bits per heavy atom. The van der Waals surface area contributed by atoms with Gasteiger partial charge in [-0.05, 0) is 12.1 Å². The fraction of sp³-hybridized carbons (Fsp3) is 0.133. The Kier molecular flexibility index (Phi) is 5.48. The third-order valence-electron chi connectivity index (χ3n) is 3.05. The lowest BCUT2D eigenvalue weighted by molar-refractivity contribution is -0.384. The van der Waals surface area contributed by atoms with Crippen LogP contribution in [-0.2, 0) is 6.54 Å². The van der Waals surface area contributed by atoms with Gasteiger partial charge in [-0.3, -0.25) is 14.9 Å². The van der Waals surface area contributed by atoms with Crippen LogP contribution >= 0.6 is 11.6 Å². The number of hydrogen-bond acceptors (Lipinski definition) is 4. The molecule has 6 nitrogen and oxygen atoms in total. The largest absolute Gasteiger partial charge is 0.573 e. The van der Waals surface area contributed by atoms with Crippen molar-refractivity contribution < 1.29 is 27.6 Å². The summed E-state index contributed by atoms with van der Waals surface area (Å²) in [5, 5.41) is 12.9. The SMILES string of the molecule is O=C(NCc1ccccc1OC(F)(F)F)c1ccc([N+](=O)[O-])cc1Cl. The van der Waals surface area contributed by atoms with Gasteiger partial charge in [-0.2, -0.15) is 0 Å². The van der Waals surface area contributed by atoms with E-state index in [1.165, 1.54) is 18.2 Å². The number of para-hydroxylation sites is 1. The fourth-order valence-corrected chi connectivity index (χ4v) is 2.21. The van der Waals surface area contributed by atoms with E-state index in [1.54, 1.807) is 0 Å². The molecule has 0 atom stereocenters. The van der Waals surface area contributed by atoms with E-state index in [2.05, 4.69) is 10.1 Å². The summed E-state index contributed by atoms with van der Waals surface area (Å²) in [6.07, 6.45) is -4.86. The van der Waals surface area contributed by atoms with Crippen molar-refractivity contribution in [3.8, 4) is 5.75 Å². The standard InChI is InChI=1S/C15H10ClF3N2O4/c16-12-7-10(21(23)24)5-6-11(12)14(22)20-8-9-3-1-2-4-13(9)25-15(17,18)19/h1-7H,8H2,(H,20,22). The van der Waals surface area contributed by atoms with Crippen molar-refractivity contribution in [1.29, 1.82) is 0 Å². The number of ether oxygens (including phenoxy) is 1. The van der Waals surface area contributed by atoms with Gasteiger partial charge in [-0.1, -0.05) is 29.8 Å². The van der Waals surface area contributed by atoms with Crippen LogP contribution in [0.5, 0.6) is 5.75 Å². The van der Waals surface area contributed by atoms with Gasteiger partial charge in [0.25, 0.3) is 11.6 Å². The first kappa shape index (κ1) is 18.5. The second-order valence-corrected chi connectivity index (χ2v) is 5.17. The zero-order valence-electron chi connectivity index (χ0n) is 12.3. The Morgan fingerprint density at radius 3 is 2.52 bits per heavy atom. The van der Waals surface area contributed by atoms with Crippen LogP contribution in [0.1, 0.15) is 15.9 Å². The molecule has 1 amide bonds. The van der Waals surface area contributed by atoms with E-state index in [4.69, 9.17) is 11.6 Å². The number of halogens is 4. The summed E-state index contributed by atoms with van der Waals surface area (Å²) in [6.45, 7) is -0.252. The number of hydrogen-bond donors (Lipinski definition) is 1. The molecule has 2 rings (SSSR count). The molecule has 0 heterocycles. The molecule has 0 aliphatic carbocycles. The molecule has 0 aromatic heterocycles. The molecule has 0 aliphatic rings. The average Bonchev–Trinajstić information content (AvgIpc) is 2.52. The molecule has 0 bridgehead atoms. The van der Waals surface area contributed by atoms with Gasteiger partial charge in [0.05, 0.1) is 15.5 Å². The molecule has 2 aromatic carbocycles. The number of carbonyl (C=O) groups excluding carboxylic acids is 1. The lowest BCUT2D eigenvalue weighted by Gasteiger charge is -2.13. The first-order valence-electron chi connectivity index (χ1n) is 6.73. The van der Waals surface area contributed by atoms with Crippen LogP contribution in [-0.4, -0.2) is 17.2 Å². The average molecular weight is 375 g/mol. The molecule has 132 valence electrons. The molecule has 0 fully saturated rings. The molecule has 1 N–H and O–H groups in total. The number of amides is 1.